The number of ether oxygens (including phenoxy) is 1. The molecule has 0 saturated carbocycles. The van der Waals surface area contributed by atoms with Gasteiger partial charge in [-0.1, -0.05) is 30.7 Å². The third-order valence-corrected chi connectivity index (χ3v) is 5.39. The van der Waals surface area contributed by atoms with Crippen LogP contribution in [-0.4, -0.2) is 35.3 Å². The topological polar surface area (TPSA) is 73.2 Å². The first-order chi connectivity index (χ1) is 14.7. The van der Waals surface area contributed by atoms with Crippen molar-refractivity contribution in [1.82, 2.24) is 15.1 Å². The molecule has 0 radical (unpaired) electrons. The van der Waals surface area contributed by atoms with Gasteiger partial charge in [0.1, 0.15) is 5.69 Å². The second-order valence-corrected chi connectivity index (χ2v) is 7.65. The quantitative estimate of drug-likeness (QED) is 0.297. The van der Waals surface area contributed by atoms with Crippen LogP contribution in [0.2, 0.25) is 0 Å². The van der Waals surface area contributed by atoms with E-state index in [0.717, 1.165) is 41.1 Å². The van der Waals surface area contributed by atoms with E-state index in [0.29, 0.717) is 13.0 Å². The van der Waals surface area contributed by atoms with Crippen molar-refractivity contribution < 1.29 is 14.3 Å². The summed E-state index contributed by atoms with van der Waals surface area (Å²) >= 11 is 1.61. The molecule has 2 heterocycles. The predicted molar refractivity (Wildman–Crippen MR) is 119 cm³/mol. The van der Waals surface area contributed by atoms with E-state index in [1.807, 2.05) is 58.7 Å². The van der Waals surface area contributed by atoms with Gasteiger partial charge in [0.2, 0.25) is 5.91 Å². The summed E-state index contributed by atoms with van der Waals surface area (Å²) in [5, 5.41) is 9.62. The van der Waals surface area contributed by atoms with Crippen molar-refractivity contribution in [3.05, 3.63) is 65.7 Å². The lowest BCUT2D eigenvalue weighted by Gasteiger charge is -2.02. The highest BCUT2D eigenvalue weighted by Gasteiger charge is 2.11. The number of nitrogens with zero attached hydrogens (tertiary/aromatic N) is 2. The van der Waals surface area contributed by atoms with Gasteiger partial charge in [-0.3, -0.25) is 9.59 Å². The molecule has 0 aliphatic carbocycles. The Kier molecular flexibility index (Phi) is 7.97. The third kappa shape index (κ3) is 6.15. The summed E-state index contributed by atoms with van der Waals surface area (Å²) in [6.45, 7) is 0.575. The first-order valence-corrected chi connectivity index (χ1v) is 10.8. The summed E-state index contributed by atoms with van der Waals surface area (Å²) in [7, 11) is 1.39. The SMILES string of the molecule is COC(=O)CCCCCNC(=O)/C=C/c1cn(-c2ccccc2)nc1-c1cccs1. The third-order valence-electron chi connectivity index (χ3n) is 4.52. The van der Waals surface area contributed by atoms with E-state index in [2.05, 4.69) is 10.1 Å². The summed E-state index contributed by atoms with van der Waals surface area (Å²) in [5.41, 5.74) is 2.70. The Morgan fingerprint density at radius 1 is 1.13 bits per heavy atom. The van der Waals surface area contributed by atoms with E-state index in [9.17, 15) is 9.59 Å². The molecule has 0 aliphatic rings. The summed E-state index contributed by atoms with van der Waals surface area (Å²) in [5.74, 6) is -0.341. The van der Waals surface area contributed by atoms with Gasteiger partial charge in [0.25, 0.3) is 0 Å². The van der Waals surface area contributed by atoms with Gasteiger partial charge in [0, 0.05) is 30.8 Å². The van der Waals surface area contributed by atoms with Crippen LogP contribution in [-0.2, 0) is 14.3 Å². The Morgan fingerprint density at radius 2 is 1.97 bits per heavy atom. The molecular weight excluding hydrogens is 398 g/mol. The number of rotatable bonds is 10. The number of nitrogens with one attached hydrogen (secondary N) is 1. The number of para-hydroxylation sites is 1. The van der Waals surface area contributed by atoms with Crippen molar-refractivity contribution in [3.63, 3.8) is 0 Å². The van der Waals surface area contributed by atoms with Crippen molar-refractivity contribution in [3.8, 4) is 16.3 Å². The van der Waals surface area contributed by atoms with Crippen molar-refractivity contribution in [1.29, 1.82) is 0 Å². The number of benzene rings is 1. The highest BCUT2D eigenvalue weighted by Crippen LogP contribution is 2.28. The normalized spacial score (nSPS) is 11.0. The van der Waals surface area contributed by atoms with Crippen molar-refractivity contribution >= 4 is 29.3 Å². The molecule has 0 atom stereocenters. The minimum Gasteiger partial charge on any atom is -0.469 e. The van der Waals surface area contributed by atoms with E-state index in [1.54, 1.807) is 17.4 Å². The lowest BCUT2D eigenvalue weighted by Crippen LogP contribution is -2.22. The molecule has 2 aromatic heterocycles. The molecule has 0 bridgehead atoms. The van der Waals surface area contributed by atoms with Gasteiger partial charge in [-0.05, 0) is 42.5 Å². The molecule has 1 amide bonds. The van der Waals surface area contributed by atoms with Gasteiger partial charge in [-0.15, -0.1) is 11.3 Å². The molecule has 1 aromatic carbocycles. The second-order valence-electron chi connectivity index (χ2n) is 6.70. The summed E-state index contributed by atoms with van der Waals surface area (Å²) < 4.78 is 6.44. The van der Waals surface area contributed by atoms with Crippen LogP contribution in [0, 0.1) is 0 Å². The van der Waals surface area contributed by atoms with Crippen LogP contribution in [0.25, 0.3) is 22.3 Å². The highest BCUT2D eigenvalue weighted by atomic mass is 32.1. The van der Waals surface area contributed by atoms with Gasteiger partial charge in [0.15, 0.2) is 0 Å². The van der Waals surface area contributed by atoms with Crippen LogP contribution >= 0.6 is 11.3 Å². The fraction of sp³-hybridized carbons (Fsp3) is 0.261. The van der Waals surface area contributed by atoms with E-state index >= 15 is 0 Å². The molecule has 0 aliphatic heterocycles. The fourth-order valence-corrected chi connectivity index (χ4v) is 3.67. The van der Waals surface area contributed by atoms with Crippen LogP contribution in [0.5, 0.6) is 0 Å². The van der Waals surface area contributed by atoms with Crippen LogP contribution in [0.3, 0.4) is 0 Å². The number of esters is 1. The van der Waals surface area contributed by atoms with Crippen LogP contribution in [0.15, 0.2) is 60.1 Å². The smallest absolute Gasteiger partial charge is 0.305 e. The zero-order valence-corrected chi connectivity index (χ0v) is 17.7. The maximum absolute atomic E-state index is 12.2. The maximum atomic E-state index is 12.2. The van der Waals surface area contributed by atoms with Crippen molar-refractivity contribution in [2.45, 2.75) is 25.7 Å². The molecule has 7 heteroatoms. The minimum absolute atomic E-state index is 0.146. The Balaban J connectivity index is 1.59. The minimum atomic E-state index is -0.195. The zero-order chi connectivity index (χ0) is 21.2. The molecule has 3 aromatic rings. The van der Waals surface area contributed by atoms with Gasteiger partial charge < -0.3 is 10.1 Å². The molecular formula is C23H25N3O3S. The molecule has 6 nitrogen and oxygen atoms in total. The summed E-state index contributed by atoms with van der Waals surface area (Å²) in [6, 6.07) is 13.9. The number of amides is 1. The van der Waals surface area contributed by atoms with Gasteiger partial charge in [-0.2, -0.15) is 5.10 Å². The molecule has 30 heavy (non-hydrogen) atoms. The number of aromatic nitrogens is 2. The monoisotopic (exact) mass is 423 g/mol. The van der Waals surface area contributed by atoms with E-state index in [1.165, 1.54) is 13.2 Å². The lowest BCUT2D eigenvalue weighted by molar-refractivity contribution is -0.140. The number of unbranched alkanes of at least 4 members (excludes halogenated alkanes) is 2. The molecule has 0 spiro atoms. The van der Waals surface area contributed by atoms with Gasteiger partial charge in [0.05, 0.1) is 17.7 Å². The zero-order valence-electron chi connectivity index (χ0n) is 16.9. The molecule has 0 unspecified atom stereocenters. The maximum Gasteiger partial charge on any atom is 0.305 e. The Hall–Kier alpha value is -3.19. The predicted octanol–water partition coefficient (Wildman–Crippen LogP) is 4.46. The average molecular weight is 424 g/mol. The number of carbonyl (C=O) groups excluding carboxylic acids is 2. The van der Waals surface area contributed by atoms with Gasteiger partial charge >= 0.3 is 5.97 Å². The van der Waals surface area contributed by atoms with E-state index in [-0.39, 0.29) is 11.9 Å². The largest absolute Gasteiger partial charge is 0.469 e. The number of methoxy groups -OCH3 is 1. The number of hydrogen-bond donors (Lipinski definition) is 1. The Bertz CT molecular complexity index is 979. The summed E-state index contributed by atoms with van der Waals surface area (Å²) in [4.78, 5) is 24.3. The van der Waals surface area contributed by atoms with Crippen LogP contribution in [0.1, 0.15) is 31.2 Å². The molecule has 0 fully saturated rings. The summed E-state index contributed by atoms with van der Waals surface area (Å²) in [6.07, 6.45) is 8.14. The second kappa shape index (κ2) is 11.1. The Labute approximate surface area is 180 Å². The van der Waals surface area contributed by atoms with E-state index < -0.39 is 0 Å². The first-order valence-electron chi connectivity index (χ1n) is 9.89. The standard InChI is InChI=1S/C23H25N3O3S/c1-29-22(28)12-6-3-7-15-24-21(27)14-13-18-17-26(19-9-4-2-5-10-19)25-23(18)20-11-8-16-30-20/h2,4-5,8-11,13-14,16-17H,3,6-7,12,15H2,1H3,(H,24,27)/b14-13+. The van der Waals surface area contributed by atoms with E-state index in [4.69, 9.17) is 5.10 Å². The lowest BCUT2D eigenvalue weighted by atomic mass is 10.2. The van der Waals surface area contributed by atoms with Gasteiger partial charge in [-0.25, -0.2) is 4.68 Å². The molecule has 0 saturated heterocycles. The Morgan fingerprint density at radius 3 is 2.70 bits per heavy atom. The number of hydrogen-bond acceptors (Lipinski definition) is 5. The number of thiophene rings is 1. The molecule has 3 rings (SSSR count). The first kappa shape index (κ1) is 21.5. The van der Waals surface area contributed by atoms with Crippen molar-refractivity contribution in [2.24, 2.45) is 0 Å². The average Bonchev–Trinajstić information content (AvgIpc) is 3.45. The van der Waals surface area contributed by atoms with Crippen molar-refractivity contribution in [2.75, 3.05) is 13.7 Å². The fourth-order valence-electron chi connectivity index (χ4n) is 2.94. The van der Waals surface area contributed by atoms with Crippen LogP contribution in [0.4, 0.5) is 0 Å². The number of carbonyl (C=O) groups is 2. The molecule has 1 N–H and O–H groups in total. The van der Waals surface area contributed by atoms with Crippen LogP contribution < -0.4 is 5.32 Å². The molecule has 156 valence electrons. The highest BCUT2D eigenvalue weighted by molar-refractivity contribution is 7.13.